The molecule has 27 heavy (non-hydrogen) atoms. The summed E-state index contributed by atoms with van der Waals surface area (Å²) in [6, 6.07) is 9.75. The largest absolute Gasteiger partial charge is 0.482 e. The molecule has 0 saturated heterocycles. The zero-order chi connectivity index (χ0) is 19.6. The summed E-state index contributed by atoms with van der Waals surface area (Å²) in [7, 11) is 0. The number of nitrogens with zero attached hydrogens (tertiary/aromatic N) is 2. The Kier molecular flexibility index (Phi) is 5.07. The number of nitro benzene ring substituents is 1. The van der Waals surface area contributed by atoms with Crippen molar-refractivity contribution < 1.29 is 24.0 Å². The van der Waals surface area contributed by atoms with Crippen LogP contribution in [-0.4, -0.2) is 30.0 Å². The molecule has 0 aromatic heterocycles. The van der Waals surface area contributed by atoms with Crippen LogP contribution in [0.2, 0.25) is 0 Å². The van der Waals surface area contributed by atoms with Crippen molar-refractivity contribution >= 4 is 23.3 Å². The van der Waals surface area contributed by atoms with Gasteiger partial charge in [0.05, 0.1) is 10.6 Å². The van der Waals surface area contributed by atoms with Gasteiger partial charge in [-0.2, -0.15) is 0 Å². The average Bonchev–Trinajstić information content (AvgIpc) is 2.64. The number of hydrogen-bond donors (Lipinski definition) is 0. The van der Waals surface area contributed by atoms with E-state index in [-0.39, 0.29) is 31.1 Å². The lowest BCUT2D eigenvalue weighted by Crippen LogP contribution is -2.42. The van der Waals surface area contributed by atoms with Gasteiger partial charge in [-0.25, -0.2) is 0 Å². The number of rotatable bonds is 5. The van der Waals surface area contributed by atoms with Crippen LogP contribution in [0, 0.1) is 24.0 Å². The second-order valence-corrected chi connectivity index (χ2v) is 6.27. The minimum absolute atomic E-state index is 0.0900. The molecule has 1 heterocycles. The monoisotopic (exact) mass is 370 g/mol. The predicted octanol–water partition coefficient (Wildman–Crippen LogP) is 2.68. The van der Waals surface area contributed by atoms with Gasteiger partial charge in [-0.3, -0.25) is 24.6 Å². The number of carbonyl (C=O) groups is 2. The summed E-state index contributed by atoms with van der Waals surface area (Å²) in [4.78, 5) is 36.0. The molecule has 0 radical (unpaired) electrons. The summed E-state index contributed by atoms with van der Waals surface area (Å²) in [6.45, 7) is 3.37. The molecule has 0 atom stereocenters. The van der Waals surface area contributed by atoms with Crippen LogP contribution in [0.15, 0.2) is 36.4 Å². The van der Waals surface area contributed by atoms with E-state index in [0.29, 0.717) is 5.75 Å². The second kappa shape index (κ2) is 7.45. The summed E-state index contributed by atoms with van der Waals surface area (Å²) in [5.74, 6) is -0.766. The molecule has 2 aromatic rings. The smallest absolute Gasteiger partial charge is 0.326 e. The fraction of sp³-hybridized carbons (Fsp3) is 0.263. The van der Waals surface area contributed by atoms with Crippen LogP contribution in [0.1, 0.15) is 16.7 Å². The van der Waals surface area contributed by atoms with Gasteiger partial charge in [-0.05, 0) is 31.0 Å². The Bertz CT molecular complexity index is 924. The van der Waals surface area contributed by atoms with Crippen molar-refractivity contribution in [3.8, 4) is 5.75 Å². The fourth-order valence-electron chi connectivity index (χ4n) is 2.77. The van der Waals surface area contributed by atoms with Crippen molar-refractivity contribution in [2.75, 3.05) is 18.1 Å². The van der Waals surface area contributed by atoms with Gasteiger partial charge >= 0.3 is 5.97 Å². The summed E-state index contributed by atoms with van der Waals surface area (Å²) in [6.07, 6.45) is 0. The Hall–Kier alpha value is -3.42. The molecule has 2 aromatic carbocycles. The van der Waals surface area contributed by atoms with Gasteiger partial charge in [-0.1, -0.05) is 23.8 Å². The van der Waals surface area contributed by atoms with Gasteiger partial charge < -0.3 is 9.47 Å². The zero-order valence-corrected chi connectivity index (χ0v) is 14.9. The number of anilines is 1. The first-order valence-electron chi connectivity index (χ1n) is 8.28. The molecule has 8 nitrogen and oxygen atoms in total. The van der Waals surface area contributed by atoms with E-state index in [1.54, 1.807) is 0 Å². The quantitative estimate of drug-likeness (QED) is 0.456. The molecule has 0 fully saturated rings. The second-order valence-electron chi connectivity index (χ2n) is 6.27. The van der Waals surface area contributed by atoms with E-state index in [1.807, 2.05) is 32.0 Å². The molecule has 8 heteroatoms. The van der Waals surface area contributed by atoms with Crippen LogP contribution in [-0.2, 0) is 20.9 Å². The maximum atomic E-state index is 12.3. The number of aryl methyl sites for hydroxylation is 2. The third-order valence-corrected chi connectivity index (χ3v) is 4.28. The summed E-state index contributed by atoms with van der Waals surface area (Å²) < 4.78 is 10.6. The molecule has 0 spiro atoms. The Labute approximate surface area is 155 Å². The number of fused-ring (bicyclic) bond motifs is 1. The van der Waals surface area contributed by atoms with Crippen LogP contribution in [0.5, 0.6) is 5.75 Å². The Morgan fingerprint density at radius 1 is 1.26 bits per heavy atom. The number of hydrogen-bond acceptors (Lipinski definition) is 6. The molecule has 0 N–H and O–H groups in total. The van der Waals surface area contributed by atoms with E-state index < -0.39 is 16.8 Å². The van der Waals surface area contributed by atoms with E-state index in [0.717, 1.165) is 21.6 Å². The molecule has 0 bridgehead atoms. The molecule has 1 amide bonds. The standard InChI is InChI=1S/C19H18N2O6/c1-12-3-4-13(2)14(7-12)10-27-19(23)9-20-16-8-15(21(24)25)5-6-17(16)26-11-18(20)22/h3-8H,9-11H2,1-2H3. The van der Waals surface area contributed by atoms with Crippen molar-refractivity contribution in [1.82, 2.24) is 0 Å². The molecule has 1 aliphatic heterocycles. The number of nitro groups is 1. The van der Waals surface area contributed by atoms with Gasteiger partial charge in [0.15, 0.2) is 6.61 Å². The van der Waals surface area contributed by atoms with Crippen LogP contribution < -0.4 is 9.64 Å². The number of non-ortho nitro benzene ring substituents is 1. The number of amides is 1. The molecule has 0 saturated carbocycles. The fourth-order valence-corrected chi connectivity index (χ4v) is 2.77. The van der Waals surface area contributed by atoms with Crippen LogP contribution in [0.3, 0.4) is 0 Å². The number of ether oxygens (including phenoxy) is 2. The van der Waals surface area contributed by atoms with Gasteiger partial charge in [0.25, 0.3) is 11.6 Å². The highest BCUT2D eigenvalue weighted by Crippen LogP contribution is 2.35. The molecule has 140 valence electrons. The number of benzene rings is 2. The minimum atomic E-state index is -0.608. The lowest BCUT2D eigenvalue weighted by atomic mass is 10.1. The highest BCUT2D eigenvalue weighted by molar-refractivity contribution is 6.01. The maximum Gasteiger partial charge on any atom is 0.326 e. The highest BCUT2D eigenvalue weighted by Gasteiger charge is 2.29. The third kappa shape index (κ3) is 4.05. The van der Waals surface area contributed by atoms with Crippen LogP contribution >= 0.6 is 0 Å². The lowest BCUT2D eigenvalue weighted by molar-refractivity contribution is -0.384. The van der Waals surface area contributed by atoms with Crippen molar-refractivity contribution in [3.05, 3.63) is 63.2 Å². The summed E-state index contributed by atoms with van der Waals surface area (Å²) in [5, 5.41) is 11.0. The molecular formula is C19H18N2O6. The van der Waals surface area contributed by atoms with Crippen LogP contribution in [0.25, 0.3) is 0 Å². The maximum absolute atomic E-state index is 12.3. The van der Waals surface area contributed by atoms with Gasteiger partial charge in [0.1, 0.15) is 18.9 Å². The number of esters is 1. The first-order chi connectivity index (χ1) is 12.8. The minimum Gasteiger partial charge on any atom is -0.482 e. The topological polar surface area (TPSA) is 99.0 Å². The molecule has 1 aliphatic rings. The highest BCUT2D eigenvalue weighted by atomic mass is 16.6. The first kappa shape index (κ1) is 18.4. The van der Waals surface area contributed by atoms with Crippen molar-refractivity contribution in [2.45, 2.75) is 20.5 Å². The van der Waals surface area contributed by atoms with E-state index in [1.165, 1.54) is 18.2 Å². The SMILES string of the molecule is Cc1ccc(C)c(COC(=O)CN2C(=O)COc3ccc([N+](=O)[O-])cc32)c1. The molecule has 0 unspecified atom stereocenters. The van der Waals surface area contributed by atoms with Crippen molar-refractivity contribution in [1.29, 1.82) is 0 Å². The molecule has 0 aliphatic carbocycles. The van der Waals surface area contributed by atoms with Gasteiger partial charge in [-0.15, -0.1) is 0 Å². The normalized spacial score (nSPS) is 13.0. The van der Waals surface area contributed by atoms with Crippen molar-refractivity contribution in [2.24, 2.45) is 0 Å². The number of carbonyl (C=O) groups excluding carboxylic acids is 2. The third-order valence-electron chi connectivity index (χ3n) is 4.28. The molecule has 3 rings (SSSR count). The lowest BCUT2D eigenvalue weighted by Gasteiger charge is -2.28. The summed E-state index contributed by atoms with van der Waals surface area (Å²) >= 11 is 0. The van der Waals surface area contributed by atoms with Gasteiger partial charge in [0.2, 0.25) is 0 Å². The first-order valence-corrected chi connectivity index (χ1v) is 8.28. The van der Waals surface area contributed by atoms with E-state index in [9.17, 15) is 19.7 Å². The Morgan fingerprint density at radius 2 is 2.04 bits per heavy atom. The molecular weight excluding hydrogens is 352 g/mol. The Balaban J connectivity index is 1.74. The van der Waals surface area contributed by atoms with Crippen molar-refractivity contribution in [3.63, 3.8) is 0 Å². The van der Waals surface area contributed by atoms with Crippen LogP contribution in [0.4, 0.5) is 11.4 Å². The average molecular weight is 370 g/mol. The Morgan fingerprint density at radius 3 is 2.78 bits per heavy atom. The summed E-state index contributed by atoms with van der Waals surface area (Å²) in [5.41, 5.74) is 2.92. The predicted molar refractivity (Wildman–Crippen MR) is 96.7 cm³/mol. The zero-order valence-electron chi connectivity index (χ0n) is 14.9. The van der Waals surface area contributed by atoms with E-state index in [4.69, 9.17) is 9.47 Å². The van der Waals surface area contributed by atoms with E-state index in [2.05, 4.69) is 0 Å². The van der Waals surface area contributed by atoms with E-state index >= 15 is 0 Å². The van der Waals surface area contributed by atoms with Gasteiger partial charge in [0, 0.05) is 12.1 Å².